The Bertz CT molecular complexity index is 520. The predicted octanol–water partition coefficient (Wildman–Crippen LogP) is 1.73. The quantitative estimate of drug-likeness (QED) is 0.637. The first kappa shape index (κ1) is 17.8. The third-order valence-corrected chi connectivity index (χ3v) is 2.48. The van der Waals surface area contributed by atoms with Crippen molar-refractivity contribution in [1.29, 1.82) is 0 Å². The van der Waals surface area contributed by atoms with Crippen molar-refractivity contribution in [2.75, 3.05) is 6.61 Å². The van der Waals surface area contributed by atoms with Gasteiger partial charge in [0, 0.05) is 0 Å². The molecule has 122 valence electrons. The van der Waals surface area contributed by atoms with E-state index < -0.39 is 30.6 Å². The molecule has 1 atom stereocenters. The number of alkyl carbamates (subject to hydrolysis) is 1. The number of ether oxygens (including phenoxy) is 2. The fraction of sp³-hybridized carbons (Fsp3) is 0.385. The van der Waals surface area contributed by atoms with Crippen LogP contribution in [0.1, 0.15) is 12.5 Å². The number of esters is 1. The highest BCUT2D eigenvalue weighted by molar-refractivity contribution is 5.84. The molecular formula is C13H14F3NO5. The second kappa shape index (κ2) is 7.12. The van der Waals surface area contributed by atoms with E-state index in [4.69, 9.17) is 0 Å². The van der Waals surface area contributed by atoms with Crippen LogP contribution in [-0.2, 0) is 20.9 Å². The molecule has 1 amide bonds. The van der Waals surface area contributed by atoms with E-state index in [0.29, 0.717) is 5.56 Å². The molecule has 0 aromatic heterocycles. The number of amides is 1. The molecule has 6 nitrogen and oxygen atoms in total. The molecule has 0 fully saturated rings. The maximum absolute atomic E-state index is 12.8. The minimum absolute atomic E-state index is 0.330. The average molecular weight is 321 g/mol. The van der Waals surface area contributed by atoms with Crippen molar-refractivity contribution in [2.45, 2.75) is 25.4 Å². The third kappa shape index (κ3) is 4.35. The monoisotopic (exact) mass is 321 g/mol. The first-order valence-corrected chi connectivity index (χ1v) is 6.16. The van der Waals surface area contributed by atoms with Crippen LogP contribution in [0, 0.1) is 0 Å². The second-order valence-electron chi connectivity index (χ2n) is 4.12. The normalized spacial score (nSPS) is 13.9. The van der Waals surface area contributed by atoms with Crippen LogP contribution in [0.5, 0.6) is 0 Å². The fourth-order valence-corrected chi connectivity index (χ4v) is 1.38. The summed E-state index contributed by atoms with van der Waals surface area (Å²) in [5, 5.41) is 10.5. The molecule has 0 aliphatic carbocycles. The van der Waals surface area contributed by atoms with Crippen LogP contribution < -0.4 is 5.32 Å². The Labute approximate surface area is 123 Å². The SMILES string of the molecule is CCOC(=O)[C@](O)(NC(=O)OCc1ccccc1)C(F)(F)F. The molecular weight excluding hydrogens is 307 g/mol. The molecule has 0 bridgehead atoms. The van der Waals surface area contributed by atoms with Gasteiger partial charge in [-0.2, -0.15) is 13.2 Å². The summed E-state index contributed by atoms with van der Waals surface area (Å²) in [6, 6.07) is 8.14. The van der Waals surface area contributed by atoms with Crippen LogP contribution in [0.4, 0.5) is 18.0 Å². The number of aliphatic hydroxyl groups is 1. The molecule has 0 heterocycles. The standard InChI is InChI=1S/C13H14F3NO5/c1-2-21-10(18)12(20,13(14,15)16)17-11(19)22-8-9-6-4-3-5-7-9/h3-7,20H,2,8H2,1H3,(H,17,19)/t12-/m1/s1. The molecule has 1 rings (SSSR count). The van der Waals surface area contributed by atoms with E-state index in [-0.39, 0.29) is 6.61 Å². The van der Waals surface area contributed by atoms with Crippen LogP contribution >= 0.6 is 0 Å². The number of carbonyl (C=O) groups is 2. The molecule has 0 radical (unpaired) electrons. The second-order valence-corrected chi connectivity index (χ2v) is 4.12. The Kier molecular flexibility index (Phi) is 5.75. The van der Waals surface area contributed by atoms with Gasteiger partial charge in [-0.3, -0.25) is 5.32 Å². The highest BCUT2D eigenvalue weighted by Crippen LogP contribution is 2.29. The lowest BCUT2D eigenvalue weighted by atomic mass is 10.2. The van der Waals surface area contributed by atoms with Crippen LogP contribution in [0.3, 0.4) is 0 Å². The van der Waals surface area contributed by atoms with Gasteiger partial charge >= 0.3 is 24.0 Å². The molecule has 22 heavy (non-hydrogen) atoms. The van der Waals surface area contributed by atoms with Gasteiger partial charge < -0.3 is 14.6 Å². The number of hydrogen-bond acceptors (Lipinski definition) is 5. The first-order chi connectivity index (χ1) is 10.2. The lowest BCUT2D eigenvalue weighted by molar-refractivity contribution is -0.270. The van der Waals surface area contributed by atoms with E-state index in [1.54, 1.807) is 30.3 Å². The molecule has 0 unspecified atom stereocenters. The summed E-state index contributed by atoms with van der Waals surface area (Å²) in [6.45, 7) is 0.518. The summed E-state index contributed by atoms with van der Waals surface area (Å²) in [6.07, 6.45) is -7.08. The van der Waals surface area contributed by atoms with Gasteiger partial charge in [0.15, 0.2) is 0 Å². The van der Waals surface area contributed by atoms with Gasteiger partial charge in [0.25, 0.3) is 0 Å². The Morgan fingerprint density at radius 2 is 1.77 bits per heavy atom. The summed E-state index contributed by atoms with van der Waals surface area (Å²) in [5.74, 6) is -2.04. The summed E-state index contributed by atoms with van der Waals surface area (Å²) >= 11 is 0. The lowest BCUT2D eigenvalue weighted by Gasteiger charge is -2.28. The molecule has 0 spiro atoms. The number of rotatable bonds is 5. The fourth-order valence-electron chi connectivity index (χ4n) is 1.38. The molecule has 1 aromatic carbocycles. The first-order valence-electron chi connectivity index (χ1n) is 6.16. The van der Waals surface area contributed by atoms with Crippen molar-refractivity contribution >= 4 is 12.1 Å². The van der Waals surface area contributed by atoms with E-state index >= 15 is 0 Å². The largest absolute Gasteiger partial charge is 0.462 e. The Morgan fingerprint density at radius 1 is 1.18 bits per heavy atom. The molecule has 0 saturated carbocycles. The van der Waals surface area contributed by atoms with Crippen molar-refractivity contribution in [3.63, 3.8) is 0 Å². The Hall–Kier alpha value is -2.29. The van der Waals surface area contributed by atoms with Crippen molar-refractivity contribution in [1.82, 2.24) is 5.32 Å². The van der Waals surface area contributed by atoms with E-state index in [2.05, 4.69) is 9.47 Å². The van der Waals surface area contributed by atoms with Gasteiger partial charge in [-0.15, -0.1) is 0 Å². The predicted molar refractivity (Wildman–Crippen MR) is 67.4 cm³/mol. The zero-order chi connectivity index (χ0) is 16.8. The molecule has 0 aliphatic heterocycles. The van der Waals surface area contributed by atoms with Gasteiger partial charge in [-0.1, -0.05) is 30.3 Å². The number of hydrogen-bond donors (Lipinski definition) is 2. The third-order valence-electron chi connectivity index (χ3n) is 2.48. The van der Waals surface area contributed by atoms with Gasteiger partial charge in [-0.05, 0) is 12.5 Å². The zero-order valence-electron chi connectivity index (χ0n) is 11.5. The minimum Gasteiger partial charge on any atom is -0.462 e. The number of alkyl halides is 3. The average Bonchev–Trinajstić information content (AvgIpc) is 2.45. The van der Waals surface area contributed by atoms with E-state index in [9.17, 15) is 27.9 Å². The topological polar surface area (TPSA) is 84.9 Å². The Morgan fingerprint density at radius 3 is 2.27 bits per heavy atom. The summed E-state index contributed by atoms with van der Waals surface area (Å²) in [7, 11) is 0. The van der Waals surface area contributed by atoms with Gasteiger partial charge in [0.05, 0.1) is 6.61 Å². The van der Waals surface area contributed by atoms with E-state index in [1.807, 2.05) is 0 Å². The summed E-state index contributed by atoms with van der Waals surface area (Å²) in [5.41, 5.74) is -3.65. The minimum atomic E-state index is -5.47. The lowest BCUT2D eigenvalue weighted by Crippen LogP contribution is -2.64. The smallest absolute Gasteiger partial charge is 0.448 e. The van der Waals surface area contributed by atoms with E-state index in [1.165, 1.54) is 6.92 Å². The zero-order valence-corrected chi connectivity index (χ0v) is 11.5. The van der Waals surface area contributed by atoms with Crippen LogP contribution in [0.25, 0.3) is 0 Å². The molecule has 0 aliphatic rings. The highest BCUT2D eigenvalue weighted by Gasteiger charge is 2.62. The Balaban J connectivity index is 2.73. The molecule has 9 heteroatoms. The van der Waals surface area contributed by atoms with Crippen molar-refractivity contribution < 1.29 is 37.3 Å². The molecule has 1 aromatic rings. The van der Waals surface area contributed by atoms with Crippen molar-refractivity contribution in [3.05, 3.63) is 35.9 Å². The van der Waals surface area contributed by atoms with E-state index in [0.717, 1.165) is 5.32 Å². The van der Waals surface area contributed by atoms with Crippen LogP contribution in [0.2, 0.25) is 0 Å². The number of carbonyl (C=O) groups excluding carboxylic acids is 2. The maximum Gasteiger partial charge on any atom is 0.448 e. The van der Waals surface area contributed by atoms with Gasteiger partial charge in [-0.25, -0.2) is 9.59 Å². The number of nitrogens with one attached hydrogen (secondary N) is 1. The highest BCUT2D eigenvalue weighted by atomic mass is 19.4. The van der Waals surface area contributed by atoms with Crippen LogP contribution in [0.15, 0.2) is 30.3 Å². The summed E-state index contributed by atoms with van der Waals surface area (Å²) in [4.78, 5) is 22.6. The van der Waals surface area contributed by atoms with Crippen molar-refractivity contribution in [3.8, 4) is 0 Å². The summed E-state index contributed by atoms with van der Waals surface area (Å²) < 4.78 is 47.0. The maximum atomic E-state index is 12.8. The molecule has 0 saturated heterocycles. The van der Waals surface area contributed by atoms with Crippen molar-refractivity contribution in [2.24, 2.45) is 0 Å². The number of benzene rings is 1. The van der Waals surface area contributed by atoms with Gasteiger partial charge in [0.1, 0.15) is 6.61 Å². The van der Waals surface area contributed by atoms with Gasteiger partial charge in [0.2, 0.25) is 0 Å². The number of halogens is 3. The molecule has 2 N–H and O–H groups in total. The van der Waals surface area contributed by atoms with Crippen LogP contribution in [-0.4, -0.2) is 35.7 Å².